The van der Waals surface area contributed by atoms with Gasteiger partial charge in [-0.2, -0.15) is 0 Å². The van der Waals surface area contributed by atoms with E-state index in [1.54, 1.807) is 17.9 Å². The van der Waals surface area contributed by atoms with Gasteiger partial charge in [-0.1, -0.05) is 0 Å². The molecule has 0 aliphatic rings. The number of hydrogen-bond donors (Lipinski definition) is 0. The van der Waals surface area contributed by atoms with Gasteiger partial charge in [0.05, 0.1) is 0 Å². The van der Waals surface area contributed by atoms with Crippen LogP contribution < -0.4 is 0 Å². The van der Waals surface area contributed by atoms with Crippen LogP contribution in [0.2, 0.25) is 0 Å². The van der Waals surface area contributed by atoms with E-state index in [2.05, 4.69) is 20.5 Å². The van der Waals surface area contributed by atoms with Crippen molar-refractivity contribution in [1.82, 2.24) is 25.2 Å². The molecule has 0 saturated carbocycles. The van der Waals surface area contributed by atoms with Crippen LogP contribution in [0.3, 0.4) is 0 Å². The molecule has 2 heterocycles. The summed E-state index contributed by atoms with van der Waals surface area (Å²) < 4.78 is 1.60. The monoisotopic (exact) mass is 167 g/mol. The van der Waals surface area contributed by atoms with E-state index in [1.165, 1.54) is 11.3 Å². The molecule has 2 aromatic rings. The fourth-order valence-electron chi connectivity index (χ4n) is 0.745. The lowest BCUT2D eigenvalue weighted by atomic mass is 10.6. The molecule has 0 aromatic carbocycles. The van der Waals surface area contributed by atoms with E-state index >= 15 is 0 Å². The Morgan fingerprint density at radius 3 is 3.00 bits per heavy atom. The molecule has 0 aliphatic heterocycles. The van der Waals surface area contributed by atoms with Gasteiger partial charge in [-0.15, -0.1) is 16.4 Å². The fourth-order valence-corrected chi connectivity index (χ4v) is 1.40. The quantitative estimate of drug-likeness (QED) is 0.614. The molecule has 0 N–H and O–H groups in total. The molecule has 0 spiro atoms. The summed E-state index contributed by atoms with van der Waals surface area (Å²) in [5.41, 5.74) is 0. The van der Waals surface area contributed by atoms with Crippen LogP contribution in [0.4, 0.5) is 0 Å². The average molecular weight is 167 g/mol. The fraction of sp³-hybridized carbons (Fsp3) is 0.200. The largest absolute Gasteiger partial charge is 0.241 e. The highest BCUT2D eigenvalue weighted by Gasteiger charge is 2.06. The van der Waals surface area contributed by atoms with Crippen molar-refractivity contribution in [3.8, 4) is 10.8 Å². The molecule has 2 rings (SSSR count). The molecule has 5 nitrogen and oxygen atoms in total. The summed E-state index contributed by atoms with van der Waals surface area (Å²) in [4.78, 5) is 4.07. The van der Waals surface area contributed by atoms with Gasteiger partial charge >= 0.3 is 0 Å². The first-order chi connectivity index (χ1) is 5.38. The summed E-state index contributed by atoms with van der Waals surface area (Å²) >= 11 is 1.52. The summed E-state index contributed by atoms with van der Waals surface area (Å²) in [6.45, 7) is 0. The van der Waals surface area contributed by atoms with Gasteiger partial charge in [0.25, 0.3) is 0 Å². The van der Waals surface area contributed by atoms with Crippen molar-refractivity contribution in [3.63, 3.8) is 0 Å². The molecular weight excluding hydrogens is 162 g/mol. The second kappa shape index (κ2) is 2.39. The molecule has 0 saturated heterocycles. The molecule has 0 bridgehead atoms. The van der Waals surface area contributed by atoms with Crippen molar-refractivity contribution in [2.75, 3.05) is 0 Å². The first-order valence-electron chi connectivity index (χ1n) is 3.00. The summed E-state index contributed by atoms with van der Waals surface area (Å²) in [5, 5.41) is 13.7. The van der Waals surface area contributed by atoms with Gasteiger partial charge in [0.1, 0.15) is 0 Å². The van der Waals surface area contributed by atoms with E-state index in [9.17, 15) is 0 Å². The van der Waals surface area contributed by atoms with Crippen LogP contribution in [0.15, 0.2) is 11.6 Å². The molecule has 0 unspecified atom stereocenters. The molecule has 6 heteroatoms. The summed E-state index contributed by atoms with van der Waals surface area (Å²) in [5.74, 6) is 0.708. The zero-order valence-corrected chi connectivity index (χ0v) is 6.62. The van der Waals surface area contributed by atoms with Gasteiger partial charge in [0, 0.05) is 18.6 Å². The lowest BCUT2D eigenvalue weighted by Crippen LogP contribution is -1.93. The Morgan fingerprint density at radius 1 is 1.55 bits per heavy atom. The van der Waals surface area contributed by atoms with E-state index in [4.69, 9.17) is 0 Å². The molecule has 0 radical (unpaired) electrons. The first-order valence-corrected chi connectivity index (χ1v) is 3.88. The van der Waals surface area contributed by atoms with Crippen molar-refractivity contribution in [2.24, 2.45) is 7.05 Å². The molecular formula is C5H5N5S. The summed E-state index contributed by atoms with van der Waals surface area (Å²) in [6, 6.07) is 0. The Balaban J connectivity index is 2.53. The number of rotatable bonds is 1. The Bertz CT molecular complexity index is 337. The van der Waals surface area contributed by atoms with E-state index in [0.717, 1.165) is 5.01 Å². The van der Waals surface area contributed by atoms with E-state index in [1.807, 2.05) is 5.38 Å². The summed E-state index contributed by atoms with van der Waals surface area (Å²) in [6.07, 6.45) is 1.73. The molecule has 11 heavy (non-hydrogen) atoms. The van der Waals surface area contributed by atoms with Crippen LogP contribution in [0.25, 0.3) is 10.8 Å². The van der Waals surface area contributed by atoms with Gasteiger partial charge in [0.15, 0.2) is 5.01 Å². The van der Waals surface area contributed by atoms with E-state index in [-0.39, 0.29) is 0 Å². The Kier molecular flexibility index (Phi) is 1.39. The minimum atomic E-state index is 0.708. The van der Waals surface area contributed by atoms with Crippen molar-refractivity contribution < 1.29 is 0 Å². The van der Waals surface area contributed by atoms with Crippen LogP contribution in [-0.2, 0) is 7.05 Å². The molecule has 0 fully saturated rings. The Hall–Kier alpha value is -1.30. The smallest absolute Gasteiger partial charge is 0.210 e. The topological polar surface area (TPSA) is 56.5 Å². The number of tetrazole rings is 1. The Morgan fingerprint density at radius 2 is 2.45 bits per heavy atom. The van der Waals surface area contributed by atoms with Crippen molar-refractivity contribution in [1.29, 1.82) is 0 Å². The molecule has 56 valence electrons. The third-order valence-corrected chi connectivity index (χ3v) is 2.01. The number of hydrogen-bond acceptors (Lipinski definition) is 5. The first kappa shape index (κ1) is 6.41. The third kappa shape index (κ3) is 1.01. The number of aromatic nitrogens is 5. The van der Waals surface area contributed by atoms with Crippen molar-refractivity contribution >= 4 is 11.3 Å². The Labute approximate surface area is 66.7 Å². The minimum absolute atomic E-state index is 0.708. The molecule has 2 aromatic heterocycles. The van der Waals surface area contributed by atoms with Crippen LogP contribution in [-0.4, -0.2) is 25.2 Å². The standard InChI is InChI=1S/C5H5N5S/c1-10-4(7-8-9-10)5-6-2-3-11-5/h2-3H,1H3. The highest BCUT2D eigenvalue weighted by atomic mass is 32.1. The second-order valence-electron chi connectivity index (χ2n) is 1.96. The molecule has 0 amide bonds. The number of thiazole rings is 1. The van der Waals surface area contributed by atoms with Crippen LogP contribution in [0, 0.1) is 0 Å². The number of nitrogens with zero attached hydrogens (tertiary/aromatic N) is 5. The second-order valence-corrected chi connectivity index (χ2v) is 2.86. The summed E-state index contributed by atoms with van der Waals surface area (Å²) in [7, 11) is 1.79. The van der Waals surface area contributed by atoms with Crippen LogP contribution >= 0.6 is 11.3 Å². The van der Waals surface area contributed by atoms with Gasteiger partial charge in [-0.05, 0) is 10.4 Å². The van der Waals surface area contributed by atoms with Crippen LogP contribution in [0.1, 0.15) is 0 Å². The lowest BCUT2D eigenvalue weighted by molar-refractivity contribution is 0.714. The predicted octanol–water partition coefficient (Wildman–Crippen LogP) is 0.334. The van der Waals surface area contributed by atoms with E-state index in [0.29, 0.717) is 5.82 Å². The third-order valence-electron chi connectivity index (χ3n) is 1.24. The highest BCUT2D eigenvalue weighted by Crippen LogP contribution is 2.16. The zero-order chi connectivity index (χ0) is 7.68. The maximum absolute atomic E-state index is 4.07. The van der Waals surface area contributed by atoms with Gasteiger partial charge in [-0.3, -0.25) is 0 Å². The van der Waals surface area contributed by atoms with Crippen molar-refractivity contribution in [2.45, 2.75) is 0 Å². The minimum Gasteiger partial charge on any atom is -0.241 e. The van der Waals surface area contributed by atoms with Gasteiger partial charge in [-0.25, -0.2) is 9.67 Å². The maximum atomic E-state index is 4.07. The molecule has 0 atom stereocenters. The van der Waals surface area contributed by atoms with Gasteiger partial charge in [0.2, 0.25) is 5.82 Å². The van der Waals surface area contributed by atoms with Crippen molar-refractivity contribution in [3.05, 3.63) is 11.6 Å². The highest BCUT2D eigenvalue weighted by molar-refractivity contribution is 7.12. The van der Waals surface area contributed by atoms with Gasteiger partial charge < -0.3 is 0 Å². The molecule has 0 aliphatic carbocycles. The lowest BCUT2D eigenvalue weighted by Gasteiger charge is -1.89. The predicted molar refractivity (Wildman–Crippen MR) is 39.9 cm³/mol. The average Bonchev–Trinajstić information content (AvgIpc) is 2.55. The maximum Gasteiger partial charge on any atom is 0.210 e. The SMILES string of the molecule is Cn1nnnc1-c1nccs1. The zero-order valence-electron chi connectivity index (χ0n) is 5.80. The number of aryl methyl sites for hydroxylation is 1. The van der Waals surface area contributed by atoms with Crippen LogP contribution in [0.5, 0.6) is 0 Å². The van der Waals surface area contributed by atoms with E-state index < -0.39 is 0 Å². The normalized spacial score (nSPS) is 10.3.